The van der Waals surface area contributed by atoms with E-state index in [9.17, 15) is 10.2 Å². The van der Waals surface area contributed by atoms with E-state index in [4.69, 9.17) is 16.4 Å². The number of anilines is 1. The van der Waals surface area contributed by atoms with Crippen molar-refractivity contribution in [2.24, 2.45) is 5.90 Å². The van der Waals surface area contributed by atoms with Gasteiger partial charge < -0.3 is 20.7 Å². The first-order chi connectivity index (χ1) is 11.5. The van der Waals surface area contributed by atoms with E-state index < -0.39 is 24.5 Å². The smallest absolute Gasteiger partial charge is 0.167 e. The summed E-state index contributed by atoms with van der Waals surface area (Å²) in [4.78, 5) is 16.8. The van der Waals surface area contributed by atoms with Gasteiger partial charge in [0, 0.05) is 0 Å². The van der Waals surface area contributed by atoms with Crippen molar-refractivity contribution >= 4 is 27.9 Å². The number of fused-ring (bicyclic) bond motifs is 1. The first-order valence-electron chi connectivity index (χ1n) is 7.38. The van der Waals surface area contributed by atoms with Gasteiger partial charge in [-0.2, -0.15) is 0 Å². The van der Waals surface area contributed by atoms with E-state index in [0.717, 1.165) is 5.75 Å². The van der Waals surface area contributed by atoms with Gasteiger partial charge >= 0.3 is 0 Å². The number of hydrogen-bond donors (Lipinski definition) is 4. The predicted molar refractivity (Wildman–Crippen MR) is 88.8 cm³/mol. The SMILES string of the molecule is C[S+](CCON)C[C@@H]1O[C@@H](n2cnc3c(N)ncnc32)[C@H](O)[C@H]1O. The minimum absolute atomic E-state index is 0.0595. The maximum atomic E-state index is 10.4. The van der Waals surface area contributed by atoms with Gasteiger partial charge in [-0.05, 0) is 10.9 Å². The second-order valence-electron chi connectivity index (χ2n) is 5.65. The Morgan fingerprint density at radius 3 is 2.88 bits per heavy atom. The van der Waals surface area contributed by atoms with E-state index in [1.165, 1.54) is 12.7 Å². The van der Waals surface area contributed by atoms with Crippen LogP contribution >= 0.6 is 0 Å². The summed E-state index contributed by atoms with van der Waals surface area (Å²) in [5.41, 5.74) is 6.65. The number of aliphatic hydroxyl groups is 2. The molecule has 3 heterocycles. The molecule has 6 N–H and O–H groups in total. The van der Waals surface area contributed by atoms with Gasteiger partial charge in [0.1, 0.15) is 48.3 Å². The maximum absolute atomic E-state index is 10.4. The average molecular weight is 357 g/mol. The molecule has 1 aliphatic rings. The normalized spacial score (nSPS) is 28.5. The Hall–Kier alpha value is -1.50. The molecule has 1 unspecified atom stereocenters. The van der Waals surface area contributed by atoms with E-state index >= 15 is 0 Å². The Bertz CT molecular complexity index is 700. The topological polar surface area (TPSA) is 155 Å². The van der Waals surface area contributed by atoms with Gasteiger partial charge in [0.05, 0.1) is 12.6 Å². The largest absolute Gasteiger partial charge is 0.387 e. The van der Waals surface area contributed by atoms with Crippen LogP contribution in [0.1, 0.15) is 6.23 Å². The third-order valence-corrected chi connectivity index (χ3v) is 5.76. The molecule has 0 aliphatic carbocycles. The van der Waals surface area contributed by atoms with Crippen molar-refractivity contribution in [2.75, 3.05) is 30.1 Å². The van der Waals surface area contributed by atoms with Gasteiger partial charge in [0.2, 0.25) is 0 Å². The van der Waals surface area contributed by atoms with Crippen molar-refractivity contribution in [2.45, 2.75) is 24.5 Å². The van der Waals surface area contributed by atoms with Crippen LogP contribution < -0.4 is 11.6 Å². The summed E-state index contributed by atoms with van der Waals surface area (Å²) in [5.74, 6) is 6.65. The van der Waals surface area contributed by atoms with Crippen molar-refractivity contribution in [3.8, 4) is 0 Å². The van der Waals surface area contributed by atoms with Gasteiger partial charge in [0.25, 0.3) is 0 Å². The lowest BCUT2D eigenvalue weighted by Gasteiger charge is -2.16. The van der Waals surface area contributed by atoms with Crippen molar-refractivity contribution in [1.29, 1.82) is 0 Å². The molecule has 10 nitrogen and oxygen atoms in total. The fourth-order valence-electron chi connectivity index (χ4n) is 2.71. The van der Waals surface area contributed by atoms with E-state index in [0.29, 0.717) is 23.5 Å². The third-order valence-electron chi connectivity index (χ3n) is 4.00. The Morgan fingerprint density at radius 2 is 2.12 bits per heavy atom. The molecule has 2 aromatic heterocycles. The van der Waals surface area contributed by atoms with Gasteiger partial charge in [-0.25, -0.2) is 20.8 Å². The number of aromatic nitrogens is 4. The zero-order valence-electron chi connectivity index (χ0n) is 13.1. The lowest BCUT2D eigenvalue weighted by atomic mass is 10.1. The first kappa shape index (κ1) is 17.3. The maximum Gasteiger partial charge on any atom is 0.167 e. The Labute approximate surface area is 141 Å². The summed E-state index contributed by atoms with van der Waals surface area (Å²) in [6, 6.07) is 0. The minimum atomic E-state index is -1.09. The summed E-state index contributed by atoms with van der Waals surface area (Å²) in [6.45, 7) is 0.441. The molecule has 1 fully saturated rings. The molecule has 132 valence electrons. The molecule has 0 spiro atoms. The molecule has 0 aromatic carbocycles. The fourth-order valence-corrected chi connectivity index (χ4v) is 4.09. The highest BCUT2D eigenvalue weighted by Crippen LogP contribution is 2.32. The number of aliphatic hydroxyl groups excluding tert-OH is 2. The summed E-state index contributed by atoms with van der Waals surface area (Å²) in [7, 11) is -0.0595. The number of rotatable bonds is 6. The van der Waals surface area contributed by atoms with Crippen molar-refractivity contribution in [1.82, 2.24) is 19.5 Å². The van der Waals surface area contributed by atoms with Crippen LogP contribution in [0.25, 0.3) is 11.2 Å². The van der Waals surface area contributed by atoms with Crippen LogP contribution in [-0.4, -0.2) is 72.4 Å². The highest BCUT2D eigenvalue weighted by Gasteiger charge is 2.46. The number of imidazole rings is 1. The third kappa shape index (κ3) is 3.18. The second-order valence-corrected chi connectivity index (χ2v) is 7.96. The molecule has 0 bridgehead atoms. The lowest BCUT2D eigenvalue weighted by molar-refractivity contribution is -0.0290. The molecule has 1 aliphatic heterocycles. The molecular formula is C13H21N6O4S+. The summed E-state index contributed by atoms with van der Waals surface area (Å²) >= 11 is 0. The molecule has 11 heteroatoms. The summed E-state index contributed by atoms with van der Waals surface area (Å²) in [6.07, 6.45) is 1.47. The number of hydrogen-bond acceptors (Lipinski definition) is 9. The fraction of sp³-hybridized carbons (Fsp3) is 0.615. The highest BCUT2D eigenvalue weighted by molar-refractivity contribution is 7.96. The molecule has 3 rings (SSSR count). The van der Waals surface area contributed by atoms with Crippen LogP contribution in [-0.2, 0) is 20.5 Å². The first-order valence-corrected chi connectivity index (χ1v) is 9.35. The molecule has 2 aromatic rings. The van der Waals surface area contributed by atoms with E-state index in [2.05, 4.69) is 19.8 Å². The van der Waals surface area contributed by atoms with E-state index in [1.807, 2.05) is 6.26 Å². The molecule has 0 radical (unpaired) electrons. The van der Waals surface area contributed by atoms with E-state index in [1.54, 1.807) is 4.57 Å². The Balaban J connectivity index is 1.78. The average Bonchev–Trinajstić information content (AvgIpc) is 3.10. The number of nitrogens with two attached hydrogens (primary N) is 2. The zero-order chi connectivity index (χ0) is 17.3. The van der Waals surface area contributed by atoms with Crippen molar-refractivity contribution in [3.05, 3.63) is 12.7 Å². The molecule has 24 heavy (non-hydrogen) atoms. The van der Waals surface area contributed by atoms with Crippen molar-refractivity contribution in [3.63, 3.8) is 0 Å². The van der Waals surface area contributed by atoms with Crippen molar-refractivity contribution < 1.29 is 19.8 Å². The standard InChI is InChI=1S/C13H21N6O4S/c1-24(3-2-22-15)4-7-9(20)10(21)13(23-7)19-6-18-8-11(14)16-5-17-12(8)19/h5-7,9-10,13,20-21H,2-4,15H2,1H3,(H2,14,16,17)/q+1/t7-,9-,10+,13+,24?/m0/s1. The molecule has 0 amide bonds. The van der Waals surface area contributed by atoms with Crippen LogP contribution in [0.3, 0.4) is 0 Å². The summed E-state index contributed by atoms with van der Waals surface area (Å²) in [5, 5.41) is 20.7. The Kier molecular flexibility index (Phi) is 5.18. The molecular weight excluding hydrogens is 336 g/mol. The number of nitrogen functional groups attached to an aromatic ring is 1. The van der Waals surface area contributed by atoms with Crippen LogP contribution in [0.4, 0.5) is 5.82 Å². The van der Waals surface area contributed by atoms with Gasteiger partial charge in [-0.1, -0.05) is 0 Å². The van der Waals surface area contributed by atoms with Gasteiger partial charge in [0.15, 0.2) is 17.7 Å². The monoisotopic (exact) mass is 357 g/mol. The highest BCUT2D eigenvalue weighted by atomic mass is 32.2. The lowest BCUT2D eigenvalue weighted by Crippen LogP contribution is -2.36. The van der Waals surface area contributed by atoms with Crippen LogP contribution in [0.5, 0.6) is 0 Å². The summed E-state index contributed by atoms with van der Waals surface area (Å²) < 4.78 is 7.45. The zero-order valence-corrected chi connectivity index (χ0v) is 14.0. The Morgan fingerprint density at radius 1 is 1.33 bits per heavy atom. The number of ether oxygens (including phenoxy) is 1. The number of nitrogens with zero attached hydrogens (tertiary/aromatic N) is 4. The van der Waals surface area contributed by atoms with Crippen LogP contribution in [0.15, 0.2) is 12.7 Å². The van der Waals surface area contributed by atoms with Gasteiger partial charge in [-0.15, -0.1) is 0 Å². The molecule has 5 atom stereocenters. The second kappa shape index (κ2) is 7.17. The van der Waals surface area contributed by atoms with Crippen LogP contribution in [0.2, 0.25) is 0 Å². The predicted octanol–water partition coefficient (Wildman–Crippen LogP) is -1.83. The minimum Gasteiger partial charge on any atom is -0.387 e. The van der Waals surface area contributed by atoms with Gasteiger partial charge in [-0.3, -0.25) is 9.40 Å². The molecule has 0 saturated carbocycles. The quantitative estimate of drug-likeness (QED) is 0.345. The van der Waals surface area contributed by atoms with Crippen LogP contribution in [0, 0.1) is 0 Å². The van der Waals surface area contributed by atoms with E-state index in [-0.39, 0.29) is 16.7 Å². The molecule has 1 saturated heterocycles.